The summed E-state index contributed by atoms with van der Waals surface area (Å²) in [6.07, 6.45) is 9.21. The van der Waals surface area contributed by atoms with Crippen LogP contribution in [0.3, 0.4) is 0 Å². The van der Waals surface area contributed by atoms with Crippen LogP contribution in [0.2, 0.25) is 0 Å². The van der Waals surface area contributed by atoms with Gasteiger partial charge in [0.25, 0.3) is 0 Å². The number of nitrogens with zero attached hydrogens (tertiary/aromatic N) is 3. The molecule has 2 unspecified atom stereocenters. The Labute approximate surface area is 157 Å². The van der Waals surface area contributed by atoms with Crippen molar-refractivity contribution in [3.63, 3.8) is 0 Å². The van der Waals surface area contributed by atoms with Gasteiger partial charge in [-0.3, -0.25) is 10.1 Å². The molecule has 0 spiro atoms. The van der Waals surface area contributed by atoms with Gasteiger partial charge < -0.3 is 10.6 Å². The van der Waals surface area contributed by atoms with Gasteiger partial charge in [-0.25, -0.2) is 9.67 Å². The van der Waals surface area contributed by atoms with Crippen LogP contribution in [0.1, 0.15) is 58.2 Å². The third-order valence-electron chi connectivity index (χ3n) is 4.05. The Balaban J connectivity index is 2.14. The summed E-state index contributed by atoms with van der Waals surface area (Å²) in [7, 11) is 0. The maximum absolute atomic E-state index is 11.9. The third-order valence-corrected chi connectivity index (χ3v) is 4.05. The number of carbonyl (C=O) groups is 1. The molecule has 1 aromatic heterocycles. The van der Waals surface area contributed by atoms with Gasteiger partial charge in [0, 0.05) is 24.6 Å². The molecular formula is C19H34N6O. The number of allylic oxidation sites excluding steroid dienone is 1. The SMILES string of the molecule is C=Nc1c(C)cnn1C(C)NCCCCNC(=O)CC(C)N/C=C\CC. The van der Waals surface area contributed by atoms with E-state index in [1.54, 1.807) is 6.20 Å². The fraction of sp³-hybridized carbons (Fsp3) is 0.632. The van der Waals surface area contributed by atoms with Gasteiger partial charge in [0.05, 0.1) is 6.20 Å². The van der Waals surface area contributed by atoms with Gasteiger partial charge in [-0.1, -0.05) is 13.0 Å². The first-order valence-corrected chi connectivity index (χ1v) is 9.41. The van der Waals surface area contributed by atoms with E-state index in [2.05, 4.69) is 39.7 Å². The largest absolute Gasteiger partial charge is 0.388 e. The van der Waals surface area contributed by atoms with Gasteiger partial charge in [0.2, 0.25) is 5.91 Å². The molecule has 0 aliphatic heterocycles. The van der Waals surface area contributed by atoms with Crippen molar-refractivity contribution in [2.24, 2.45) is 4.99 Å². The molecule has 146 valence electrons. The van der Waals surface area contributed by atoms with E-state index < -0.39 is 0 Å². The highest BCUT2D eigenvalue weighted by molar-refractivity contribution is 5.76. The predicted octanol–water partition coefficient (Wildman–Crippen LogP) is 2.82. The van der Waals surface area contributed by atoms with Crippen LogP contribution in [-0.2, 0) is 4.79 Å². The minimum Gasteiger partial charge on any atom is -0.388 e. The first kappa shape index (κ1) is 21.9. The standard InChI is InChI=1S/C19H34N6O/c1-6-7-10-21-16(3)13-18(26)23-12-9-8-11-22-17(4)25-19(20-5)15(2)14-24-25/h7,10,14,16-17,21-22H,5-6,8-9,11-13H2,1-4H3,(H,23,26)/b10-7-. The van der Waals surface area contributed by atoms with Gasteiger partial charge in [-0.15, -0.1) is 0 Å². The molecule has 3 N–H and O–H groups in total. The summed E-state index contributed by atoms with van der Waals surface area (Å²) in [5, 5.41) is 13.9. The molecular weight excluding hydrogens is 328 g/mol. The van der Waals surface area contributed by atoms with E-state index >= 15 is 0 Å². The first-order chi connectivity index (χ1) is 12.5. The molecule has 7 heteroatoms. The Morgan fingerprint density at radius 3 is 2.81 bits per heavy atom. The maximum atomic E-state index is 11.9. The average molecular weight is 363 g/mol. The summed E-state index contributed by atoms with van der Waals surface area (Å²) >= 11 is 0. The molecule has 0 aromatic carbocycles. The zero-order valence-corrected chi connectivity index (χ0v) is 16.6. The van der Waals surface area contributed by atoms with Crippen LogP contribution in [0, 0.1) is 6.92 Å². The van der Waals surface area contributed by atoms with Gasteiger partial charge in [-0.2, -0.15) is 5.10 Å². The number of carbonyl (C=O) groups excluding carboxylic acids is 1. The molecule has 26 heavy (non-hydrogen) atoms. The topological polar surface area (TPSA) is 83.3 Å². The van der Waals surface area contributed by atoms with Crippen molar-refractivity contribution in [2.75, 3.05) is 13.1 Å². The lowest BCUT2D eigenvalue weighted by atomic mass is 10.2. The van der Waals surface area contributed by atoms with Crippen LogP contribution in [0.5, 0.6) is 0 Å². The summed E-state index contributed by atoms with van der Waals surface area (Å²) in [5.41, 5.74) is 1.02. The highest BCUT2D eigenvalue weighted by atomic mass is 16.1. The van der Waals surface area contributed by atoms with Gasteiger partial charge >= 0.3 is 0 Å². The number of nitrogens with one attached hydrogen (secondary N) is 3. The van der Waals surface area contributed by atoms with Crippen molar-refractivity contribution < 1.29 is 4.79 Å². The van der Waals surface area contributed by atoms with Crippen LogP contribution >= 0.6 is 0 Å². The number of amides is 1. The number of unbranched alkanes of at least 4 members (excludes halogenated alkanes) is 1. The Bertz CT molecular complexity index is 581. The van der Waals surface area contributed by atoms with Crippen LogP contribution < -0.4 is 16.0 Å². The minimum atomic E-state index is 0.0573. The van der Waals surface area contributed by atoms with E-state index in [0.717, 1.165) is 37.2 Å². The van der Waals surface area contributed by atoms with Gasteiger partial charge in [0.1, 0.15) is 6.17 Å². The molecule has 0 aliphatic carbocycles. The lowest BCUT2D eigenvalue weighted by molar-refractivity contribution is -0.121. The van der Waals surface area contributed by atoms with Crippen LogP contribution in [0.25, 0.3) is 0 Å². The Hall–Kier alpha value is -2.15. The van der Waals surface area contributed by atoms with E-state index in [1.165, 1.54) is 0 Å². The van der Waals surface area contributed by atoms with E-state index in [-0.39, 0.29) is 18.1 Å². The molecule has 0 saturated carbocycles. The smallest absolute Gasteiger partial charge is 0.222 e. The van der Waals surface area contributed by atoms with Crippen molar-refractivity contribution in [3.05, 3.63) is 24.0 Å². The number of rotatable bonds is 13. The molecule has 2 atom stereocenters. The first-order valence-electron chi connectivity index (χ1n) is 9.41. The van der Waals surface area contributed by atoms with Crippen molar-refractivity contribution in [1.82, 2.24) is 25.7 Å². The van der Waals surface area contributed by atoms with Crippen molar-refractivity contribution in [3.8, 4) is 0 Å². The lowest BCUT2D eigenvalue weighted by Crippen LogP contribution is -2.32. The molecule has 0 bridgehead atoms. The maximum Gasteiger partial charge on any atom is 0.222 e. The Kier molecular flexibility index (Phi) is 10.3. The lowest BCUT2D eigenvalue weighted by Gasteiger charge is -2.16. The fourth-order valence-electron chi connectivity index (χ4n) is 2.56. The van der Waals surface area contributed by atoms with Gasteiger partial charge in [-0.05, 0) is 59.5 Å². The monoisotopic (exact) mass is 362 g/mol. The van der Waals surface area contributed by atoms with E-state index in [9.17, 15) is 4.79 Å². The quantitative estimate of drug-likeness (QED) is 0.372. The average Bonchev–Trinajstić information content (AvgIpc) is 2.98. The summed E-state index contributed by atoms with van der Waals surface area (Å²) in [5.74, 6) is 0.888. The summed E-state index contributed by atoms with van der Waals surface area (Å²) in [4.78, 5) is 15.9. The number of aromatic nitrogens is 2. The second-order valence-corrected chi connectivity index (χ2v) is 6.52. The van der Waals surface area contributed by atoms with Gasteiger partial charge in [0.15, 0.2) is 5.82 Å². The second-order valence-electron chi connectivity index (χ2n) is 6.52. The van der Waals surface area contributed by atoms with E-state index in [1.807, 2.05) is 37.7 Å². The third kappa shape index (κ3) is 7.82. The molecule has 0 fully saturated rings. The van der Waals surface area contributed by atoms with Crippen molar-refractivity contribution in [1.29, 1.82) is 0 Å². The highest BCUT2D eigenvalue weighted by Gasteiger charge is 2.11. The summed E-state index contributed by atoms with van der Waals surface area (Å²) in [6.45, 7) is 13.3. The number of aryl methyl sites for hydroxylation is 1. The van der Waals surface area contributed by atoms with Crippen LogP contribution in [0.4, 0.5) is 5.82 Å². The summed E-state index contributed by atoms with van der Waals surface area (Å²) in [6, 6.07) is 0.144. The minimum absolute atomic E-state index is 0.0573. The molecule has 0 aliphatic rings. The molecule has 7 nitrogen and oxygen atoms in total. The van der Waals surface area contributed by atoms with Crippen molar-refractivity contribution in [2.45, 2.75) is 65.6 Å². The van der Waals surface area contributed by atoms with Crippen molar-refractivity contribution >= 4 is 18.4 Å². The number of aliphatic imine (C=N–C) groups is 1. The Morgan fingerprint density at radius 1 is 1.38 bits per heavy atom. The highest BCUT2D eigenvalue weighted by Crippen LogP contribution is 2.20. The molecule has 1 amide bonds. The zero-order chi connectivity index (χ0) is 19.4. The fourth-order valence-corrected chi connectivity index (χ4v) is 2.56. The number of hydrogen-bond donors (Lipinski definition) is 3. The second kappa shape index (κ2) is 12.2. The van der Waals surface area contributed by atoms with Crippen LogP contribution in [-0.4, -0.2) is 41.5 Å². The molecule has 0 radical (unpaired) electrons. The van der Waals surface area contributed by atoms with Crippen LogP contribution in [0.15, 0.2) is 23.5 Å². The van der Waals surface area contributed by atoms with E-state index in [0.29, 0.717) is 13.0 Å². The molecule has 0 saturated heterocycles. The zero-order valence-electron chi connectivity index (χ0n) is 16.6. The Morgan fingerprint density at radius 2 is 2.12 bits per heavy atom. The molecule has 1 aromatic rings. The summed E-state index contributed by atoms with van der Waals surface area (Å²) < 4.78 is 1.84. The molecule has 1 rings (SSSR count). The predicted molar refractivity (Wildman–Crippen MR) is 108 cm³/mol. The number of hydrogen-bond acceptors (Lipinski definition) is 5. The normalized spacial score (nSPS) is 13.5. The van der Waals surface area contributed by atoms with E-state index in [4.69, 9.17) is 0 Å². The molecule has 1 heterocycles.